The van der Waals surface area contributed by atoms with Gasteiger partial charge in [-0.3, -0.25) is 4.90 Å². The Kier molecular flexibility index (Phi) is 8.96. The van der Waals surface area contributed by atoms with Gasteiger partial charge in [0.25, 0.3) is 0 Å². The molecule has 188 valence electrons. The Balaban J connectivity index is 1.79. The summed E-state index contributed by atoms with van der Waals surface area (Å²) in [5.74, 6) is 1.41. The maximum atomic E-state index is 10.0. The van der Waals surface area contributed by atoms with E-state index < -0.39 is 0 Å². The minimum atomic E-state index is 0.357. The highest BCUT2D eigenvalue weighted by Gasteiger charge is 2.22. The van der Waals surface area contributed by atoms with Crippen molar-refractivity contribution < 1.29 is 5.11 Å². The third kappa shape index (κ3) is 6.24. The smallest absolute Gasteiger partial charge is 0.140 e. The molecule has 0 amide bonds. The van der Waals surface area contributed by atoms with E-state index in [2.05, 4.69) is 90.0 Å². The number of hydrogen-bond acceptors (Lipinski definition) is 3. The minimum absolute atomic E-state index is 0.357. The molecular formula is C32H39N3O. The van der Waals surface area contributed by atoms with Gasteiger partial charge < -0.3 is 9.67 Å². The van der Waals surface area contributed by atoms with Crippen molar-refractivity contribution in [3.05, 3.63) is 95.7 Å². The molecule has 0 aliphatic carbocycles. The number of phenols is 1. The zero-order chi connectivity index (χ0) is 25.3. The van der Waals surface area contributed by atoms with Crippen LogP contribution in [-0.4, -0.2) is 26.1 Å². The number of nitrogens with zero attached hydrogens (tertiary/aromatic N) is 3. The van der Waals surface area contributed by atoms with Crippen molar-refractivity contribution in [1.29, 1.82) is 0 Å². The van der Waals surface area contributed by atoms with Gasteiger partial charge in [0.15, 0.2) is 0 Å². The van der Waals surface area contributed by atoms with E-state index in [0.29, 0.717) is 5.75 Å². The van der Waals surface area contributed by atoms with E-state index in [1.54, 1.807) is 0 Å². The van der Waals surface area contributed by atoms with E-state index in [1.807, 2.05) is 19.1 Å². The quantitative estimate of drug-likeness (QED) is 0.224. The molecule has 4 heteroatoms. The van der Waals surface area contributed by atoms with Crippen molar-refractivity contribution in [3.8, 4) is 28.4 Å². The van der Waals surface area contributed by atoms with Crippen molar-refractivity contribution in [2.45, 2.75) is 66.1 Å². The lowest BCUT2D eigenvalue weighted by Crippen LogP contribution is -2.26. The molecule has 1 N–H and O–H groups in total. The van der Waals surface area contributed by atoms with Crippen molar-refractivity contribution in [2.75, 3.05) is 6.54 Å². The van der Waals surface area contributed by atoms with Crippen LogP contribution in [0.25, 0.3) is 22.6 Å². The summed E-state index contributed by atoms with van der Waals surface area (Å²) in [6.45, 7) is 10.1. The van der Waals surface area contributed by atoms with Gasteiger partial charge in [-0.05, 0) is 43.5 Å². The minimum Gasteiger partial charge on any atom is -0.508 e. The van der Waals surface area contributed by atoms with Gasteiger partial charge in [0.2, 0.25) is 0 Å². The van der Waals surface area contributed by atoms with Crippen molar-refractivity contribution >= 4 is 0 Å². The van der Waals surface area contributed by atoms with Gasteiger partial charge in [-0.25, -0.2) is 4.98 Å². The maximum absolute atomic E-state index is 10.0. The molecule has 1 heterocycles. The second kappa shape index (κ2) is 12.5. The zero-order valence-electron chi connectivity index (χ0n) is 22.0. The Morgan fingerprint density at radius 1 is 0.806 bits per heavy atom. The molecule has 0 aliphatic heterocycles. The molecule has 1 aromatic heterocycles. The Morgan fingerprint density at radius 2 is 1.47 bits per heavy atom. The van der Waals surface area contributed by atoms with E-state index in [4.69, 9.17) is 4.98 Å². The normalized spacial score (nSPS) is 11.3. The Morgan fingerprint density at radius 3 is 2.11 bits per heavy atom. The molecule has 3 aromatic carbocycles. The number of imidazole rings is 1. The molecule has 0 bridgehead atoms. The highest BCUT2D eigenvalue weighted by molar-refractivity contribution is 5.68. The summed E-state index contributed by atoms with van der Waals surface area (Å²) in [5, 5.41) is 10.0. The van der Waals surface area contributed by atoms with Crippen molar-refractivity contribution in [2.24, 2.45) is 0 Å². The molecule has 0 unspecified atom stereocenters. The van der Waals surface area contributed by atoms with E-state index in [9.17, 15) is 5.11 Å². The molecule has 36 heavy (non-hydrogen) atoms. The lowest BCUT2D eigenvalue weighted by Gasteiger charge is -2.24. The van der Waals surface area contributed by atoms with Crippen LogP contribution in [0.1, 0.15) is 56.4 Å². The summed E-state index contributed by atoms with van der Waals surface area (Å²) in [7, 11) is 0. The first-order chi connectivity index (χ1) is 17.6. The summed E-state index contributed by atoms with van der Waals surface area (Å²) >= 11 is 0. The second-order valence-corrected chi connectivity index (χ2v) is 9.65. The Bertz CT molecular complexity index is 1230. The van der Waals surface area contributed by atoms with Crippen LogP contribution in [0.5, 0.6) is 5.75 Å². The number of hydrogen-bond donors (Lipinski definition) is 1. The fourth-order valence-electron chi connectivity index (χ4n) is 4.72. The van der Waals surface area contributed by atoms with Gasteiger partial charge in [-0.2, -0.15) is 0 Å². The zero-order valence-corrected chi connectivity index (χ0v) is 22.0. The third-order valence-corrected chi connectivity index (χ3v) is 6.76. The lowest BCUT2D eigenvalue weighted by molar-refractivity contribution is 0.246. The average molecular weight is 482 g/mol. The fourth-order valence-corrected chi connectivity index (χ4v) is 4.72. The molecule has 4 nitrogen and oxygen atoms in total. The number of aromatic nitrogens is 2. The molecule has 0 spiro atoms. The Hall–Kier alpha value is -3.37. The van der Waals surface area contributed by atoms with Crippen molar-refractivity contribution in [3.63, 3.8) is 0 Å². The summed E-state index contributed by atoms with van der Waals surface area (Å²) in [5.41, 5.74) is 6.83. The first kappa shape index (κ1) is 25.7. The first-order valence-electron chi connectivity index (χ1n) is 13.3. The van der Waals surface area contributed by atoms with E-state index in [-0.39, 0.29) is 0 Å². The highest BCUT2D eigenvalue weighted by atomic mass is 16.3. The van der Waals surface area contributed by atoms with E-state index in [1.165, 1.54) is 11.3 Å². The lowest BCUT2D eigenvalue weighted by atomic mass is 10.1. The van der Waals surface area contributed by atoms with Gasteiger partial charge in [-0.1, -0.05) is 99.5 Å². The van der Waals surface area contributed by atoms with E-state index in [0.717, 1.165) is 80.1 Å². The van der Waals surface area contributed by atoms with Crippen LogP contribution in [0.2, 0.25) is 0 Å². The second-order valence-electron chi connectivity index (χ2n) is 9.65. The monoisotopic (exact) mass is 481 g/mol. The van der Waals surface area contributed by atoms with Crippen molar-refractivity contribution in [1.82, 2.24) is 14.5 Å². The number of aryl methyl sites for hydroxylation is 1. The molecule has 4 rings (SSSR count). The van der Waals surface area contributed by atoms with Crippen LogP contribution in [0.4, 0.5) is 0 Å². The Labute approximate surface area is 216 Å². The van der Waals surface area contributed by atoms with Crippen LogP contribution < -0.4 is 0 Å². The van der Waals surface area contributed by atoms with Gasteiger partial charge in [-0.15, -0.1) is 0 Å². The van der Waals surface area contributed by atoms with Gasteiger partial charge in [0.1, 0.15) is 11.6 Å². The van der Waals surface area contributed by atoms with Crippen LogP contribution in [0.15, 0.2) is 78.9 Å². The summed E-state index contributed by atoms with van der Waals surface area (Å²) in [4.78, 5) is 7.81. The number of phenolic OH excluding ortho intramolecular Hbond substituents is 1. The summed E-state index contributed by atoms with van der Waals surface area (Å²) < 4.78 is 2.46. The topological polar surface area (TPSA) is 41.3 Å². The standard InChI is InChI=1S/C32H39N3O/c1-4-6-20-34(23-26-18-19-30(36)25(3)22-26)24-29-31(27-14-10-8-11-15-27)33-32(35(29)21-7-5-2)28-16-12-9-13-17-28/h8-19,22,36H,4-7,20-21,23-24H2,1-3H3. The van der Waals surface area contributed by atoms with Crippen LogP contribution >= 0.6 is 0 Å². The molecule has 4 aromatic rings. The molecular weight excluding hydrogens is 442 g/mol. The maximum Gasteiger partial charge on any atom is 0.140 e. The van der Waals surface area contributed by atoms with Gasteiger partial charge in [0.05, 0.1) is 11.4 Å². The number of rotatable bonds is 12. The van der Waals surface area contributed by atoms with E-state index >= 15 is 0 Å². The van der Waals surface area contributed by atoms with Crippen LogP contribution in [0.3, 0.4) is 0 Å². The van der Waals surface area contributed by atoms with Gasteiger partial charge >= 0.3 is 0 Å². The van der Waals surface area contributed by atoms with Crippen LogP contribution in [0, 0.1) is 6.92 Å². The summed E-state index contributed by atoms with van der Waals surface area (Å²) in [6.07, 6.45) is 4.55. The first-order valence-corrected chi connectivity index (χ1v) is 13.3. The highest BCUT2D eigenvalue weighted by Crippen LogP contribution is 2.31. The third-order valence-electron chi connectivity index (χ3n) is 6.76. The summed E-state index contributed by atoms with van der Waals surface area (Å²) in [6, 6.07) is 27.2. The average Bonchev–Trinajstić information content (AvgIpc) is 3.27. The molecule has 0 fully saturated rings. The predicted molar refractivity (Wildman–Crippen MR) is 150 cm³/mol. The van der Waals surface area contributed by atoms with Gasteiger partial charge in [0, 0.05) is 30.8 Å². The molecule has 0 saturated heterocycles. The molecule has 0 radical (unpaired) electrons. The number of aromatic hydroxyl groups is 1. The largest absolute Gasteiger partial charge is 0.508 e. The number of benzene rings is 3. The molecule has 0 saturated carbocycles. The molecule has 0 aliphatic rings. The molecule has 0 atom stereocenters. The predicted octanol–water partition coefficient (Wildman–Crippen LogP) is 7.83. The fraction of sp³-hybridized carbons (Fsp3) is 0.344. The number of unbranched alkanes of at least 4 members (excludes halogenated alkanes) is 2. The van der Waals surface area contributed by atoms with Crippen LogP contribution in [-0.2, 0) is 19.6 Å². The SMILES string of the molecule is CCCCN(Cc1ccc(O)c(C)c1)Cc1c(-c2ccccc2)nc(-c2ccccc2)n1CCCC.